The molecule has 0 unspecified atom stereocenters. The van der Waals surface area contributed by atoms with Crippen LogP contribution in [0.25, 0.3) is 0 Å². The molecule has 3 rings (SSSR count). The van der Waals surface area contributed by atoms with Crippen LogP contribution in [0.2, 0.25) is 0 Å². The van der Waals surface area contributed by atoms with Crippen molar-refractivity contribution in [1.82, 2.24) is 0 Å². The molecule has 0 N–H and O–H groups in total. The molecule has 0 radical (unpaired) electrons. The molecule has 0 aliphatic heterocycles. The topological polar surface area (TPSA) is 61.8 Å². The number of ether oxygens (including phenoxy) is 3. The molecule has 0 aliphatic rings. The van der Waals surface area contributed by atoms with E-state index in [0.29, 0.717) is 17.7 Å². The maximum atomic E-state index is 12.1. The minimum absolute atomic E-state index is 0.210. The van der Waals surface area contributed by atoms with E-state index in [4.69, 9.17) is 14.2 Å². The molecule has 5 heteroatoms. The first-order chi connectivity index (χ1) is 14.1. The third-order valence-corrected chi connectivity index (χ3v) is 4.31. The Hall–Kier alpha value is -3.60. The Bertz CT molecular complexity index is 931. The van der Waals surface area contributed by atoms with Crippen molar-refractivity contribution >= 4 is 11.9 Å². The molecule has 0 atom stereocenters. The molecule has 5 nitrogen and oxygen atoms in total. The zero-order chi connectivity index (χ0) is 20.5. The van der Waals surface area contributed by atoms with Crippen molar-refractivity contribution in [2.75, 3.05) is 7.11 Å². The Labute approximate surface area is 169 Å². The fourth-order valence-corrected chi connectivity index (χ4v) is 2.69. The molecule has 0 saturated heterocycles. The van der Waals surface area contributed by atoms with E-state index in [2.05, 4.69) is 0 Å². The maximum Gasteiger partial charge on any atom is 0.338 e. The molecular formula is C24H22O5. The zero-order valence-corrected chi connectivity index (χ0v) is 16.2. The quantitative estimate of drug-likeness (QED) is 0.416. The van der Waals surface area contributed by atoms with E-state index >= 15 is 0 Å². The van der Waals surface area contributed by atoms with Gasteiger partial charge in [-0.05, 0) is 53.9 Å². The standard InChI is InChI=1S/C24H22O5/c1-27-21-12-7-18(8-13-21)9-16-23(25)29-22-14-10-20(11-15-22)24(26)28-17-19-5-3-2-4-6-19/h2-8,10-15H,9,16-17H2,1H3. The fraction of sp³-hybridized carbons (Fsp3) is 0.167. The highest BCUT2D eigenvalue weighted by atomic mass is 16.5. The number of carbonyl (C=O) groups excluding carboxylic acids is 2. The van der Waals surface area contributed by atoms with E-state index < -0.39 is 5.97 Å². The van der Waals surface area contributed by atoms with Gasteiger partial charge < -0.3 is 14.2 Å². The second-order valence-electron chi connectivity index (χ2n) is 6.41. The van der Waals surface area contributed by atoms with Crippen LogP contribution in [0, 0.1) is 0 Å². The van der Waals surface area contributed by atoms with Crippen molar-refractivity contribution in [3.05, 3.63) is 95.6 Å². The van der Waals surface area contributed by atoms with Gasteiger partial charge >= 0.3 is 11.9 Å². The number of methoxy groups -OCH3 is 1. The summed E-state index contributed by atoms with van der Waals surface area (Å²) in [7, 11) is 1.61. The predicted molar refractivity (Wildman–Crippen MR) is 109 cm³/mol. The number of carbonyl (C=O) groups is 2. The van der Waals surface area contributed by atoms with Crippen molar-refractivity contribution in [3.63, 3.8) is 0 Å². The van der Waals surface area contributed by atoms with Crippen molar-refractivity contribution < 1.29 is 23.8 Å². The van der Waals surface area contributed by atoms with Gasteiger partial charge in [0.2, 0.25) is 0 Å². The highest BCUT2D eigenvalue weighted by Gasteiger charge is 2.10. The van der Waals surface area contributed by atoms with Crippen molar-refractivity contribution in [2.45, 2.75) is 19.4 Å². The lowest BCUT2D eigenvalue weighted by molar-refractivity contribution is -0.134. The van der Waals surface area contributed by atoms with E-state index in [9.17, 15) is 9.59 Å². The third kappa shape index (κ3) is 6.21. The Morgan fingerprint density at radius 2 is 1.41 bits per heavy atom. The first kappa shape index (κ1) is 20.1. The largest absolute Gasteiger partial charge is 0.497 e. The monoisotopic (exact) mass is 390 g/mol. The van der Waals surface area contributed by atoms with Gasteiger partial charge in [0.05, 0.1) is 12.7 Å². The van der Waals surface area contributed by atoms with E-state index in [0.717, 1.165) is 16.9 Å². The Balaban J connectivity index is 1.46. The van der Waals surface area contributed by atoms with Crippen LogP contribution in [0.3, 0.4) is 0 Å². The fourth-order valence-electron chi connectivity index (χ4n) is 2.69. The van der Waals surface area contributed by atoms with Gasteiger partial charge in [0.25, 0.3) is 0 Å². The summed E-state index contributed by atoms with van der Waals surface area (Å²) >= 11 is 0. The summed E-state index contributed by atoms with van der Waals surface area (Å²) in [6.45, 7) is 0.210. The van der Waals surface area contributed by atoms with Crippen LogP contribution in [-0.2, 0) is 22.6 Å². The SMILES string of the molecule is COc1ccc(CCC(=O)Oc2ccc(C(=O)OCc3ccccc3)cc2)cc1. The highest BCUT2D eigenvalue weighted by Crippen LogP contribution is 2.16. The van der Waals surface area contributed by atoms with Crippen molar-refractivity contribution in [2.24, 2.45) is 0 Å². The molecule has 3 aromatic rings. The number of rotatable bonds is 8. The van der Waals surface area contributed by atoms with E-state index in [-0.39, 0.29) is 19.0 Å². The minimum Gasteiger partial charge on any atom is -0.497 e. The summed E-state index contributed by atoms with van der Waals surface area (Å²) in [5.41, 5.74) is 2.35. The van der Waals surface area contributed by atoms with Crippen molar-refractivity contribution in [3.8, 4) is 11.5 Å². The smallest absolute Gasteiger partial charge is 0.338 e. The highest BCUT2D eigenvalue weighted by molar-refractivity contribution is 5.89. The molecule has 0 fully saturated rings. The zero-order valence-electron chi connectivity index (χ0n) is 16.2. The van der Waals surface area contributed by atoms with Crippen LogP contribution >= 0.6 is 0 Å². The maximum absolute atomic E-state index is 12.1. The molecule has 0 bridgehead atoms. The number of benzene rings is 3. The summed E-state index contributed by atoms with van der Waals surface area (Å²) < 4.78 is 15.7. The number of hydrogen-bond donors (Lipinski definition) is 0. The van der Waals surface area contributed by atoms with Gasteiger partial charge in [-0.2, -0.15) is 0 Å². The Morgan fingerprint density at radius 1 is 0.759 bits per heavy atom. The lowest BCUT2D eigenvalue weighted by Gasteiger charge is -2.07. The minimum atomic E-state index is -0.425. The van der Waals surface area contributed by atoms with Crippen molar-refractivity contribution in [1.29, 1.82) is 0 Å². The van der Waals surface area contributed by atoms with Gasteiger partial charge in [0.1, 0.15) is 18.1 Å². The molecule has 0 heterocycles. The van der Waals surface area contributed by atoms with E-state index in [1.807, 2.05) is 54.6 Å². The second-order valence-corrected chi connectivity index (χ2v) is 6.41. The van der Waals surface area contributed by atoms with Crippen LogP contribution in [0.5, 0.6) is 11.5 Å². The molecular weight excluding hydrogens is 368 g/mol. The number of hydrogen-bond acceptors (Lipinski definition) is 5. The Kier molecular flexibility index (Phi) is 7.00. The van der Waals surface area contributed by atoms with Crippen LogP contribution in [-0.4, -0.2) is 19.0 Å². The number of aryl methyl sites for hydroxylation is 1. The summed E-state index contributed by atoms with van der Waals surface area (Å²) in [4.78, 5) is 24.2. The second kappa shape index (κ2) is 10.1. The predicted octanol–water partition coefficient (Wildman–Crippen LogP) is 4.59. The lowest BCUT2D eigenvalue weighted by atomic mass is 10.1. The van der Waals surface area contributed by atoms with Crippen LogP contribution in [0.1, 0.15) is 27.9 Å². The van der Waals surface area contributed by atoms with Gasteiger partial charge in [-0.3, -0.25) is 4.79 Å². The molecule has 3 aromatic carbocycles. The van der Waals surface area contributed by atoms with Crippen LogP contribution < -0.4 is 9.47 Å². The molecule has 29 heavy (non-hydrogen) atoms. The Morgan fingerprint density at radius 3 is 2.07 bits per heavy atom. The molecule has 0 saturated carbocycles. The van der Waals surface area contributed by atoms with Gasteiger partial charge in [0, 0.05) is 6.42 Å². The van der Waals surface area contributed by atoms with E-state index in [1.165, 1.54) is 0 Å². The average Bonchev–Trinajstić information content (AvgIpc) is 2.77. The lowest BCUT2D eigenvalue weighted by Crippen LogP contribution is -2.09. The summed E-state index contributed by atoms with van der Waals surface area (Å²) in [6, 6.07) is 23.4. The third-order valence-electron chi connectivity index (χ3n) is 4.31. The average molecular weight is 390 g/mol. The first-order valence-electron chi connectivity index (χ1n) is 9.29. The molecule has 148 valence electrons. The van der Waals surface area contributed by atoms with Gasteiger partial charge in [0.15, 0.2) is 0 Å². The summed E-state index contributed by atoms with van der Waals surface area (Å²) in [5.74, 6) is 0.412. The van der Waals surface area contributed by atoms with Gasteiger partial charge in [-0.1, -0.05) is 42.5 Å². The first-order valence-corrected chi connectivity index (χ1v) is 9.29. The summed E-state index contributed by atoms with van der Waals surface area (Å²) in [5, 5.41) is 0. The summed E-state index contributed by atoms with van der Waals surface area (Å²) in [6.07, 6.45) is 0.833. The van der Waals surface area contributed by atoms with Crippen LogP contribution in [0.15, 0.2) is 78.9 Å². The van der Waals surface area contributed by atoms with Gasteiger partial charge in [-0.25, -0.2) is 4.79 Å². The van der Waals surface area contributed by atoms with Crippen LogP contribution in [0.4, 0.5) is 0 Å². The molecule has 0 spiro atoms. The number of esters is 2. The van der Waals surface area contributed by atoms with Gasteiger partial charge in [-0.15, -0.1) is 0 Å². The molecule has 0 aromatic heterocycles. The molecule has 0 amide bonds. The van der Waals surface area contributed by atoms with E-state index in [1.54, 1.807) is 31.4 Å². The molecule has 0 aliphatic carbocycles. The normalized spacial score (nSPS) is 10.2.